The molecule has 102 valence electrons. The maximum absolute atomic E-state index is 12.3. The molecule has 2 heterocycles. The highest BCUT2D eigenvalue weighted by atomic mass is 35.5. The van der Waals surface area contributed by atoms with Crippen LogP contribution in [0.3, 0.4) is 0 Å². The minimum Gasteiger partial charge on any atom is -0.268 e. The van der Waals surface area contributed by atoms with E-state index >= 15 is 0 Å². The molecular formula is C13H9ClN2O3S. The van der Waals surface area contributed by atoms with E-state index in [9.17, 15) is 13.2 Å². The first-order chi connectivity index (χ1) is 9.50. The molecule has 20 heavy (non-hydrogen) atoms. The number of amides is 1. The van der Waals surface area contributed by atoms with Crippen LogP contribution in [0, 0.1) is 0 Å². The van der Waals surface area contributed by atoms with E-state index in [2.05, 4.69) is 4.98 Å². The van der Waals surface area contributed by atoms with E-state index in [1.807, 2.05) is 0 Å². The first kappa shape index (κ1) is 13.1. The molecule has 0 N–H and O–H groups in total. The summed E-state index contributed by atoms with van der Waals surface area (Å²) in [6, 6.07) is 9.26. The highest BCUT2D eigenvalue weighted by Gasteiger charge is 2.40. The van der Waals surface area contributed by atoms with Crippen molar-refractivity contribution in [2.24, 2.45) is 0 Å². The Kier molecular flexibility index (Phi) is 2.99. The second-order valence-electron chi connectivity index (χ2n) is 4.28. The number of hydrogen-bond donors (Lipinski definition) is 0. The molecule has 0 unspecified atom stereocenters. The van der Waals surface area contributed by atoms with Crippen LogP contribution in [0.1, 0.15) is 16.1 Å². The largest absolute Gasteiger partial charge is 0.269 e. The molecule has 7 heteroatoms. The molecule has 0 atom stereocenters. The van der Waals surface area contributed by atoms with E-state index < -0.39 is 15.9 Å². The number of nitrogens with zero attached hydrogens (tertiary/aromatic N) is 2. The lowest BCUT2D eigenvalue weighted by Crippen LogP contribution is -2.29. The first-order valence-corrected chi connectivity index (χ1v) is 7.58. The Hall–Kier alpha value is -1.92. The van der Waals surface area contributed by atoms with Gasteiger partial charge in [0.25, 0.3) is 15.9 Å². The van der Waals surface area contributed by atoms with Gasteiger partial charge in [-0.3, -0.25) is 9.78 Å². The summed E-state index contributed by atoms with van der Waals surface area (Å²) in [6.07, 6.45) is 1.47. The van der Waals surface area contributed by atoms with Gasteiger partial charge in [0.2, 0.25) is 0 Å². The number of aromatic nitrogens is 1. The molecule has 0 spiro atoms. The number of benzene rings is 1. The predicted molar refractivity (Wildman–Crippen MR) is 72.7 cm³/mol. The third-order valence-corrected chi connectivity index (χ3v) is 5.02. The minimum atomic E-state index is -3.81. The highest BCUT2D eigenvalue weighted by molar-refractivity contribution is 7.90. The van der Waals surface area contributed by atoms with Crippen molar-refractivity contribution in [3.63, 3.8) is 0 Å². The van der Waals surface area contributed by atoms with Gasteiger partial charge < -0.3 is 0 Å². The van der Waals surface area contributed by atoms with Crippen molar-refractivity contribution < 1.29 is 13.2 Å². The lowest BCUT2D eigenvalue weighted by molar-refractivity contribution is 0.0864. The van der Waals surface area contributed by atoms with Gasteiger partial charge in [-0.1, -0.05) is 23.7 Å². The van der Waals surface area contributed by atoms with E-state index in [0.717, 1.165) is 4.31 Å². The zero-order chi connectivity index (χ0) is 14.3. The Labute approximate surface area is 120 Å². The van der Waals surface area contributed by atoms with E-state index in [-0.39, 0.29) is 17.0 Å². The standard InChI is InChI=1S/C13H9ClN2O3S/c14-9-5-6-15-10(7-9)8-16-13(17)11-3-1-2-4-12(11)20(16,18)19/h1-7H,8H2. The Balaban J connectivity index is 2.03. The van der Waals surface area contributed by atoms with Crippen LogP contribution in [0.15, 0.2) is 47.5 Å². The van der Waals surface area contributed by atoms with Crippen LogP contribution in [0.5, 0.6) is 0 Å². The maximum atomic E-state index is 12.3. The number of carbonyl (C=O) groups excluding carboxylic acids is 1. The second kappa shape index (κ2) is 4.57. The molecule has 5 nitrogen and oxygen atoms in total. The third kappa shape index (κ3) is 1.97. The van der Waals surface area contributed by atoms with Gasteiger partial charge in [-0.25, -0.2) is 12.7 Å². The number of carbonyl (C=O) groups is 1. The van der Waals surface area contributed by atoms with Gasteiger partial charge in [-0.15, -0.1) is 0 Å². The van der Waals surface area contributed by atoms with E-state index in [1.165, 1.54) is 24.4 Å². The molecule has 0 radical (unpaired) electrons. The van der Waals surface area contributed by atoms with Crippen LogP contribution in [0.2, 0.25) is 5.02 Å². The van der Waals surface area contributed by atoms with Gasteiger partial charge in [0, 0.05) is 11.2 Å². The molecule has 1 aromatic heterocycles. The van der Waals surface area contributed by atoms with Crippen LogP contribution in [0.4, 0.5) is 0 Å². The molecule has 1 amide bonds. The molecule has 0 saturated heterocycles. The Bertz CT molecular complexity index is 805. The number of pyridine rings is 1. The number of rotatable bonds is 2. The molecule has 0 bridgehead atoms. The fourth-order valence-electron chi connectivity index (χ4n) is 2.07. The molecule has 1 aliphatic heterocycles. The van der Waals surface area contributed by atoms with Crippen LogP contribution in [-0.4, -0.2) is 23.6 Å². The molecule has 1 aliphatic rings. The number of hydrogen-bond acceptors (Lipinski definition) is 4. The molecule has 0 saturated carbocycles. The Morgan fingerprint density at radius 1 is 1.20 bits per heavy atom. The number of sulfonamides is 1. The Morgan fingerprint density at radius 3 is 2.65 bits per heavy atom. The zero-order valence-electron chi connectivity index (χ0n) is 10.2. The van der Waals surface area contributed by atoms with Crippen molar-refractivity contribution in [3.8, 4) is 0 Å². The topological polar surface area (TPSA) is 67.3 Å². The molecule has 3 rings (SSSR count). The molecular weight excluding hydrogens is 300 g/mol. The molecule has 2 aromatic rings. The summed E-state index contributed by atoms with van der Waals surface area (Å²) in [5, 5.41) is 0.441. The fourth-order valence-corrected chi connectivity index (χ4v) is 3.79. The molecule has 0 aliphatic carbocycles. The highest BCUT2D eigenvalue weighted by Crippen LogP contribution is 2.31. The van der Waals surface area contributed by atoms with Gasteiger partial charge in [0.05, 0.1) is 17.8 Å². The summed E-state index contributed by atoms with van der Waals surface area (Å²) in [5.74, 6) is -0.539. The zero-order valence-corrected chi connectivity index (χ0v) is 11.7. The van der Waals surface area contributed by atoms with Gasteiger partial charge in [-0.2, -0.15) is 0 Å². The number of fused-ring (bicyclic) bond motifs is 1. The fraction of sp³-hybridized carbons (Fsp3) is 0.0769. The van der Waals surface area contributed by atoms with Gasteiger partial charge in [-0.05, 0) is 24.3 Å². The van der Waals surface area contributed by atoms with E-state index in [0.29, 0.717) is 10.7 Å². The SMILES string of the molecule is O=C1c2ccccc2S(=O)(=O)N1Cc1cc(Cl)ccn1. The van der Waals surface area contributed by atoms with Crippen molar-refractivity contribution in [3.05, 3.63) is 58.9 Å². The normalized spacial score (nSPS) is 16.2. The monoisotopic (exact) mass is 308 g/mol. The maximum Gasteiger partial charge on any atom is 0.269 e. The van der Waals surface area contributed by atoms with Gasteiger partial charge in [0.1, 0.15) is 4.90 Å². The summed E-state index contributed by atoms with van der Waals surface area (Å²) < 4.78 is 25.5. The van der Waals surface area contributed by atoms with Crippen LogP contribution in [0.25, 0.3) is 0 Å². The summed E-state index contributed by atoms with van der Waals surface area (Å²) in [4.78, 5) is 16.2. The quantitative estimate of drug-likeness (QED) is 0.852. The van der Waals surface area contributed by atoms with Crippen molar-refractivity contribution >= 4 is 27.5 Å². The van der Waals surface area contributed by atoms with Crippen molar-refractivity contribution in [1.82, 2.24) is 9.29 Å². The van der Waals surface area contributed by atoms with Gasteiger partial charge >= 0.3 is 0 Å². The minimum absolute atomic E-state index is 0.0343. The van der Waals surface area contributed by atoms with Crippen LogP contribution < -0.4 is 0 Å². The first-order valence-electron chi connectivity index (χ1n) is 5.77. The average Bonchev–Trinajstić information content (AvgIpc) is 2.61. The predicted octanol–water partition coefficient (Wildman–Crippen LogP) is 2.08. The van der Waals surface area contributed by atoms with Gasteiger partial charge in [0.15, 0.2) is 0 Å². The Morgan fingerprint density at radius 2 is 1.95 bits per heavy atom. The average molecular weight is 309 g/mol. The van der Waals surface area contributed by atoms with Crippen LogP contribution in [-0.2, 0) is 16.6 Å². The summed E-state index contributed by atoms with van der Waals surface area (Å²) in [7, 11) is -3.81. The number of halogens is 1. The van der Waals surface area contributed by atoms with E-state index in [4.69, 9.17) is 11.6 Å². The van der Waals surface area contributed by atoms with Crippen molar-refractivity contribution in [2.75, 3.05) is 0 Å². The van der Waals surface area contributed by atoms with Crippen LogP contribution >= 0.6 is 11.6 Å². The second-order valence-corrected chi connectivity index (χ2v) is 6.55. The smallest absolute Gasteiger partial charge is 0.268 e. The molecule has 0 fully saturated rings. The lowest BCUT2D eigenvalue weighted by Gasteiger charge is -2.14. The third-order valence-electron chi connectivity index (χ3n) is 3.00. The summed E-state index contributed by atoms with van der Waals surface area (Å²) in [6.45, 7) is -0.129. The molecule has 1 aromatic carbocycles. The lowest BCUT2D eigenvalue weighted by atomic mass is 10.2. The summed E-state index contributed by atoms with van der Waals surface area (Å²) in [5.41, 5.74) is 0.608. The summed E-state index contributed by atoms with van der Waals surface area (Å²) >= 11 is 5.83. The van der Waals surface area contributed by atoms with E-state index in [1.54, 1.807) is 18.2 Å². The van der Waals surface area contributed by atoms with Crippen molar-refractivity contribution in [2.45, 2.75) is 11.4 Å². The van der Waals surface area contributed by atoms with Crippen molar-refractivity contribution in [1.29, 1.82) is 0 Å².